The number of ether oxygens (including phenoxy) is 2. The van der Waals surface area contributed by atoms with Gasteiger partial charge in [0, 0.05) is 6.42 Å². The van der Waals surface area contributed by atoms with E-state index in [9.17, 15) is 19.2 Å². The zero-order valence-corrected chi connectivity index (χ0v) is 20.0. The predicted octanol–water partition coefficient (Wildman–Crippen LogP) is 5.78. The van der Waals surface area contributed by atoms with E-state index in [-0.39, 0.29) is 34.8 Å². The fraction of sp³-hybridized carbons (Fsp3) is 0.0968. The number of benzene rings is 4. The van der Waals surface area contributed by atoms with Crippen LogP contribution in [0.3, 0.4) is 0 Å². The maximum atomic E-state index is 13.9. The smallest absolute Gasteiger partial charge is 0.343 e. The van der Waals surface area contributed by atoms with Gasteiger partial charge in [0.1, 0.15) is 17.3 Å². The van der Waals surface area contributed by atoms with Crippen LogP contribution in [0, 0.1) is 0 Å². The van der Waals surface area contributed by atoms with Crippen molar-refractivity contribution in [2.45, 2.75) is 19.3 Å². The highest BCUT2D eigenvalue weighted by Crippen LogP contribution is 2.44. The summed E-state index contributed by atoms with van der Waals surface area (Å²) >= 11 is 0. The van der Waals surface area contributed by atoms with Gasteiger partial charge in [0.05, 0.1) is 28.2 Å². The fourth-order valence-corrected chi connectivity index (χ4v) is 4.54. The predicted molar refractivity (Wildman–Crippen MR) is 136 cm³/mol. The summed E-state index contributed by atoms with van der Waals surface area (Å²) < 4.78 is 11.3. The van der Waals surface area contributed by atoms with Crippen LogP contribution in [0.5, 0.6) is 11.5 Å². The molecule has 0 amide bonds. The molecule has 4 aromatic rings. The molecule has 0 radical (unpaired) electrons. The van der Waals surface area contributed by atoms with E-state index in [4.69, 9.17) is 9.47 Å². The molecule has 1 aliphatic carbocycles. The van der Waals surface area contributed by atoms with Crippen molar-refractivity contribution < 1.29 is 28.7 Å². The average molecular weight is 491 g/mol. The van der Waals surface area contributed by atoms with Gasteiger partial charge in [-0.05, 0) is 47.5 Å². The van der Waals surface area contributed by atoms with E-state index in [1.807, 2.05) is 0 Å². The topological polar surface area (TPSA) is 86.7 Å². The Kier molecular flexibility index (Phi) is 6.47. The van der Waals surface area contributed by atoms with Crippen molar-refractivity contribution >= 4 is 23.5 Å². The second-order valence-corrected chi connectivity index (χ2v) is 8.53. The van der Waals surface area contributed by atoms with Gasteiger partial charge in [0.25, 0.3) is 0 Å². The minimum Gasteiger partial charge on any atom is -0.422 e. The first kappa shape index (κ1) is 23.9. The zero-order valence-electron chi connectivity index (χ0n) is 20.0. The Bertz CT molecular complexity index is 1420. The number of carbonyl (C=O) groups excluding carboxylic acids is 4. The van der Waals surface area contributed by atoms with Crippen LogP contribution in [0.1, 0.15) is 67.0 Å². The minimum atomic E-state index is -0.779. The third-order valence-electron chi connectivity index (χ3n) is 6.29. The summed E-state index contributed by atoms with van der Waals surface area (Å²) in [7, 11) is 0. The first-order chi connectivity index (χ1) is 18.0. The SMILES string of the molecule is CCC(=O)C1c2cccc(OC(=O)c3ccccc3)c2C(=O)c2c(OC(=O)c3ccccc3)cccc21. The minimum absolute atomic E-state index is 0.0418. The molecule has 0 heterocycles. The molecule has 1 aliphatic rings. The van der Waals surface area contributed by atoms with Gasteiger partial charge in [0.2, 0.25) is 5.78 Å². The molecule has 0 atom stereocenters. The molecule has 5 rings (SSSR count). The largest absolute Gasteiger partial charge is 0.422 e. The van der Waals surface area contributed by atoms with Gasteiger partial charge in [0.15, 0.2) is 0 Å². The molecule has 0 fully saturated rings. The summed E-state index contributed by atoms with van der Waals surface area (Å²) in [6, 6.07) is 26.6. The Morgan fingerprint density at radius 2 is 1.05 bits per heavy atom. The van der Waals surface area contributed by atoms with Crippen LogP contribution in [0.25, 0.3) is 0 Å². The van der Waals surface area contributed by atoms with Crippen LogP contribution in [-0.4, -0.2) is 23.5 Å². The van der Waals surface area contributed by atoms with E-state index in [2.05, 4.69) is 0 Å². The monoisotopic (exact) mass is 490 g/mol. The van der Waals surface area contributed by atoms with Crippen molar-refractivity contribution in [2.24, 2.45) is 0 Å². The van der Waals surface area contributed by atoms with E-state index in [0.717, 1.165) is 0 Å². The summed E-state index contributed by atoms with van der Waals surface area (Å²) in [6.07, 6.45) is 0.222. The highest BCUT2D eigenvalue weighted by Gasteiger charge is 2.39. The molecule has 0 aromatic heterocycles. The number of fused-ring (bicyclic) bond motifs is 2. The number of Topliss-reactive ketones (excluding diaryl/α,β-unsaturated/α-hetero) is 1. The third-order valence-corrected chi connectivity index (χ3v) is 6.29. The molecular formula is C31H22O6. The quantitative estimate of drug-likeness (QED) is 0.252. The van der Waals surface area contributed by atoms with Gasteiger partial charge in [-0.3, -0.25) is 9.59 Å². The van der Waals surface area contributed by atoms with Crippen LogP contribution in [0.4, 0.5) is 0 Å². The van der Waals surface area contributed by atoms with Crippen molar-refractivity contribution in [1.29, 1.82) is 0 Å². The van der Waals surface area contributed by atoms with E-state index in [1.54, 1.807) is 91.9 Å². The van der Waals surface area contributed by atoms with Gasteiger partial charge in [-0.2, -0.15) is 0 Å². The molecule has 0 saturated carbocycles. The van der Waals surface area contributed by atoms with Crippen molar-refractivity contribution in [3.63, 3.8) is 0 Å². The molecule has 0 N–H and O–H groups in total. The molecule has 0 saturated heterocycles. The lowest BCUT2D eigenvalue weighted by molar-refractivity contribution is -0.119. The summed E-state index contributed by atoms with van der Waals surface area (Å²) in [5.74, 6) is -2.56. The number of rotatable bonds is 6. The Morgan fingerprint density at radius 3 is 1.46 bits per heavy atom. The van der Waals surface area contributed by atoms with Crippen LogP contribution < -0.4 is 9.47 Å². The first-order valence-electron chi connectivity index (χ1n) is 11.9. The van der Waals surface area contributed by atoms with Gasteiger partial charge in [-0.25, -0.2) is 9.59 Å². The van der Waals surface area contributed by atoms with Crippen LogP contribution in [-0.2, 0) is 4.79 Å². The third kappa shape index (κ3) is 4.45. The number of ketones is 2. The Labute approximate surface area is 213 Å². The lowest BCUT2D eigenvalue weighted by Gasteiger charge is -2.28. The summed E-state index contributed by atoms with van der Waals surface area (Å²) in [4.78, 5) is 52.8. The molecule has 6 heteroatoms. The normalized spacial score (nSPS) is 12.3. The molecule has 0 bridgehead atoms. The highest BCUT2D eigenvalue weighted by atomic mass is 16.5. The van der Waals surface area contributed by atoms with E-state index in [1.165, 1.54) is 12.1 Å². The number of hydrogen-bond acceptors (Lipinski definition) is 6. The number of esters is 2. The standard InChI is InChI=1S/C31H22O6/c1-2-23(32)26-21-15-9-17-24(36-30(34)19-11-5-3-6-12-19)27(21)29(33)28-22(26)16-10-18-25(28)37-31(35)20-13-7-4-8-14-20/h3-18,26H,2H2,1H3. The van der Waals surface area contributed by atoms with Crippen molar-refractivity contribution in [3.05, 3.63) is 130 Å². The van der Waals surface area contributed by atoms with Crippen molar-refractivity contribution in [1.82, 2.24) is 0 Å². The van der Waals surface area contributed by atoms with Crippen molar-refractivity contribution in [2.75, 3.05) is 0 Å². The highest BCUT2D eigenvalue weighted by molar-refractivity contribution is 6.18. The van der Waals surface area contributed by atoms with Crippen LogP contribution in [0.15, 0.2) is 97.1 Å². The maximum Gasteiger partial charge on any atom is 0.343 e. The van der Waals surface area contributed by atoms with Crippen LogP contribution >= 0.6 is 0 Å². The molecular weight excluding hydrogens is 468 g/mol. The van der Waals surface area contributed by atoms with E-state index in [0.29, 0.717) is 22.3 Å². The van der Waals surface area contributed by atoms with Crippen molar-refractivity contribution in [3.8, 4) is 11.5 Å². The van der Waals surface area contributed by atoms with Crippen LogP contribution in [0.2, 0.25) is 0 Å². The first-order valence-corrected chi connectivity index (χ1v) is 11.9. The molecule has 37 heavy (non-hydrogen) atoms. The van der Waals surface area contributed by atoms with Gasteiger partial charge >= 0.3 is 11.9 Å². The van der Waals surface area contributed by atoms with E-state index >= 15 is 0 Å². The zero-order chi connectivity index (χ0) is 25.9. The Balaban J connectivity index is 1.61. The summed E-state index contributed by atoms with van der Waals surface area (Å²) in [6.45, 7) is 1.75. The number of hydrogen-bond donors (Lipinski definition) is 0. The van der Waals surface area contributed by atoms with Gasteiger partial charge < -0.3 is 9.47 Å². The average Bonchev–Trinajstić information content (AvgIpc) is 2.93. The molecule has 182 valence electrons. The van der Waals surface area contributed by atoms with Gasteiger partial charge in [-0.1, -0.05) is 67.6 Å². The second kappa shape index (κ2) is 10.0. The lowest BCUT2D eigenvalue weighted by Crippen LogP contribution is -2.27. The summed E-state index contributed by atoms with van der Waals surface area (Å²) in [5, 5.41) is 0. The lowest BCUT2D eigenvalue weighted by atomic mass is 9.74. The number of carbonyl (C=O) groups is 4. The maximum absolute atomic E-state index is 13.9. The Morgan fingerprint density at radius 1 is 0.622 bits per heavy atom. The molecule has 0 aliphatic heterocycles. The molecule has 0 unspecified atom stereocenters. The summed E-state index contributed by atoms with van der Waals surface area (Å²) in [5.41, 5.74) is 1.76. The Hall–Kier alpha value is -4.84. The molecule has 6 nitrogen and oxygen atoms in total. The molecule has 4 aromatic carbocycles. The second-order valence-electron chi connectivity index (χ2n) is 8.53. The van der Waals surface area contributed by atoms with E-state index < -0.39 is 23.6 Å². The molecule has 0 spiro atoms. The fourth-order valence-electron chi connectivity index (χ4n) is 4.54. The van der Waals surface area contributed by atoms with Gasteiger partial charge in [-0.15, -0.1) is 0 Å².